The van der Waals surface area contributed by atoms with Crippen molar-refractivity contribution in [2.45, 2.75) is 6.42 Å². The van der Waals surface area contributed by atoms with Crippen molar-refractivity contribution in [2.75, 3.05) is 5.73 Å². The molecule has 1 aromatic rings. The Hall–Kier alpha value is -1.29. The maximum atomic E-state index is 10.3. The number of halogens is 1. The van der Waals surface area contributed by atoms with E-state index in [1.165, 1.54) is 12.4 Å². The molecule has 0 aliphatic heterocycles. The Morgan fingerprint density at radius 2 is 2.33 bits per heavy atom. The van der Waals surface area contributed by atoms with Crippen LogP contribution in [-0.4, -0.2) is 16.1 Å². The van der Waals surface area contributed by atoms with Crippen LogP contribution in [0.5, 0.6) is 0 Å². The van der Waals surface area contributed by atoms with Gasteiger partial charge in [-0.1, -0.05) is 11.6 Å². The summed E-state index contributed by atoms with van der Waals surface area (Å²) in [5.41, 5.74) is 6.14. The minimum absolute atomic E-state index is 0.156. The van der Waals surface area contributed by atoms with E-state index >= 15 is 0 Å². The predicted octanol–water partition coefficient (Wildman–Crippen LogP) is 0.944. The van der Waals surface area contributed by atoms with E-state index in [0.29, 0.717) is 11.3 Å². The van der Waals surface area contributed by atoms with Crippen LogP contribution in [0.25, 0.3) is 0 Å². The van der Waals surface area contributed by atoms with Gasteiger partial charge in [0.15, 0.2) is 0 Å². The lowest BCUT2D eigenvalue weighted by molar-refractivity contribution is -0.136. The minimum atomic E-state index is -0.954. The molecule has 5 heteroatoms. The molecule has 0 aliphatic carbocycles. The number of pyridine rings is 1. The molecule has 0 saturated carbocycles. The molecule has 0 amide bonds. The summed E-state index contributed by atoms with van der Waals surface area (Å²) in [6, 6.07) is 0. The molecule has 1 aromatic heterocycles. The van der Waals surface area contributed by atoms with Gasteiger partial charge in [0.25, 0.3) is 0 Å². The third-order valence-electron chi connectivity index (χ3n) is 1.32. The molecule has 12 heavy (non-hydrogen) atoms. The lowest BCUT2D eigenvalue weighted by atomic mass is 10.2. The van der Waals surface area contributed by atoms with E-state index in [1.54, 1.807) is 0 Å². The van der Waals surface area contributed by atoms with Gasteiger partial charge in [0.1, 0.15) is 0 Å². The van der Waals surface area contributed by atoms with Gasteiger partial charge in [-0.2, -0.15) is 0 Å². The minimum Gasteiger partial charge on any atom is -0.481 e. The van der Waals surface area contributed by atoms with Crippen LogP contribution in [-0.2, 0) is 11.2 Å². The van der Waals surface area contributed by atoms with Crippen molar-refractivity contribution >= 4 is 23.3 Å². The topological polar surface area (TPSA) is 76.2 Å². The number of hydrogen-bond donors (Lipinski definition) is 2. The lowest BCUT2D eigenvalue weighted by Gasteiger charge is -2.01. The van der Waals surface area contributed by atoms with Gasteiger partial charge in [-0.3, -0.25) is 9.78 Å². The average Bonchev–Trinajstić information content (AvgIpc) is 1.98. The van der Waals surface area contributed by atoms with E-state index in [-0.39, 0.29) is 11.4 Å². The monoisotopic (exact) mass is 186 g/mol. The van der Waals surface area contributed by atoms with Crippen molar-refractivity contribution in [3.05, 3.63) is 23.0 Å². The number of anilines is 1. The summed E-state index contributed by atoms with van der Waals surface area (Å²) in [7, 11) is 0. The van der Waals surface area contributed by atoms with E-state index < -0.39 is 5.97 Å². The normalized spacial score (nSPS) is 9.75. The van der Waals surface area contributed by atoms with Crippen molar-refractivity contribution in [3.8, 4) is 0 Å². The van der Waals surface area contributed by atoms with Crippen molar-refractivity contribution in [1.29, 1.82) is 0 Å². The van der Waals surface area contributed by atoms with Crippen LogP contribution in [0.15, 0.2) is 12.4 Å². The van der Waals surface area contributed by atoms with E-state index in [0.717, 1.165) is 0 Å². The second kappa shape index (κ2) is 3.40. The van der Waals surface area contributed by atoms with Gasteiger partial charge in [0.2, 0.25) is 0 Å². The molecule has 0 aromatic carbocycles. The fourth-order valence-corrected chi connectivity index (χ4v) is 0.957. The molecule has 0 bridgehead atoms. The number of carbonyl (C=O) groups is 1. The van der Waals surface area contributed by atoms with Crippen LogP contribution in [0, 0.1) is 0 Å². The second-order valence-electron chi connectivity index (χ2n) is 2.27. The zero-order valence-corrected chi connectivity index (χ0v) is 6.88. The number of carboxylic acid groups (broad SMARTS) is 1. The third-order valence-corrected chi connectivity index (χ3v) is 1.78. The number of aliphatic carboxylic acids is 1. The van der Waals surface area contributed by atoms with Gasteiger partial charge >= 0.3 is 5.97 Å². The number of nitrogen functional groups attached to an aromatic ring is 1. The van der Waals surface area contributed by atoms with Crippen LogP contribution >= 0.6 is 11.6 Å². The zero-order chi connectivity index (χ0) is 9.14. The molecule has 0 unspecified atom stereocenters. The molecular weight excluding hydrogens is 180 g/mol. The fourth-order valence-electron chi connectivity index (χ4n) is 0.792. The van der Waals surface area contributed by atoms with E-state index in [2.05, 4.69) is 4.98 Å². The Morgan fingerprint density at radius 1 is 1.67 bits per heavy atom. The standard InChI is InChI=1S/C7H7ClN2O2/c8-7-4(1-6(11)12)2-10-3-5(7)9/h2-3H,1,9H2,(H,11,12). The Kier molecular flexibility index (Phi) is 2.50. The summed E-state index contributed by atoms with van der Waals surface area (Å²) >= 11 is 5.71. The molecule has 0 radical (unpaired) electrons. The number of carboxylic acids is 1. The Bertz CT molecular complexity index is 314. The quantitative estimate of drug-likeness (QED) is 0.721. The number of rotatable bonds is 2. The first-order valence-electron chi connectivity index (χ1n) is 3.21. The van der Waals surface area contributed by atoms with Crippen molar-refractivity contribution in [3.63, 3.8) is 0 Å². The van der Waals surface area contributed by atoms with Gasteiger partial charge in [-0.25, -0.2) is 0 Å². The van der Waals surface area contributed by atoms with E-state index in [9.17, 15) is 4.79 Å². The Morgan fingerprint density at radius 3 is 2.92 bits per heavy atom. The highest BCUT2D eigenvalue weighted by Crippen LogP contribution is 2.21. The number of nitrogens with two attached hydrogens (primary N) is 1. The largest absolute Gasteiger partial charge is 0.481 e. The highest BCUT2D eigenvalue weighted by molar-refractivity contribution is 6.33. The van der Waals surface area contributed by atoms with Crippen LogP contribution in [0.3, 0.4) is 0 Å². The molecule has 0 aliphatic rings. The maximum absolute atomic E-state index is 10.3. The zero-order valence-electron chi connectivity index (χ0n) is 6.12. The van der Waals surface area contributed by atoms with Gasteiger partial charge in [-0.15, -0.1) is 0 Å². The smallest absolute Gasteiger partial charge is 0.307 e. The summed E-state index contributed by atoms with van der Waals surface area (Å²) in [6.45, 7) is 0. The number of aromatic nitrogens is 1. The summed E-state index contributed by atoms with van der Waals surface area (Å²) in [6.07, 6.45) is 2.62. The first-order chi connectivity index (χ1) is 5.61. The van der Waals surface area contributed by atoms with Crippen molar-refractivity contribution in [1.82, 2.24) is 4.98 Å². The fraction of sp³-hybridized carbons (Fsp3) is 0.143. The highest BCUT2D eigenvalue weighted by Gasteiger charge is 2.07. The maximum Gasteiger partial charge on any atom is 0.307 e. The number of nitrogens with zero attached hydrogens (tertiary/aromatic N) is 1. The molecule has 4 nitrogen and oxygen atoms in total. The molecule has 1 rings (SSSR count). The molecule has 0 saturated heterocycles. The van der Waals surface area contributed by atoms with Gasteiger partial charge in [-0.05, 0) is 0 Å². The first kappa shape index (κ1) is 8.80. The Labute approximate surface area is 74.0 Å². The summed E-state index contributed by atoms with van der Waals surface area (Å²) in [5.74, 6) is -0.954. The first-order valence-corrected chi connectivity index (χ1v) is 3.58. The summed E-state index contributed by atoms with van der Waals surface area (Å²) < 4.78 is 0. The Balaban J connectivity index is 3.00. The van der Waals surface area contributed by atoms with Crippen LogP contribution in [0.4, 0.5) is 5.69 Å². The predicted molar refractivity (Wildman–Crippen MR) is 45.0 cm³/mol. The molecular formula is C7H7ClN2O2. The molecule has 3 N–H and O–H groups in total. The molecule has 0 atom stereocenters. The molecule has 0 fully saturated rings. The average molecular weight is 187 g/mol. The summed E-state index contributed by atoms with van der Waals surface area (Å²) in [4.78, 5) is 14.0. The van der Waals surface area contributed by atoms with E-state index in [1.807, 2.05) is 0 Å². The molecule has 64 valence electrons. The van der Waals surface area contributed by atoms with Crippen molar-refractivity contribution < 1.29 is 9.90 Å². The summed E-state index contributed by atoms with van der Waals surface area (Å²) in [5, 5.41) is 8.73. The van der Waals surface area contributed by atoms with Gasteiger partial charge in [0.05, 0.1) is 23.3 Å². The van der Waals surface area contributed by atoms with Crippen LogP contribution in [0.1, 0.15) is 5.56 Å². The van der Waals surface area contributed by atoms with Gasteiger partial charge in [0, 0.05) is 11.8 Å². The van der Waals surface area contributed by atoms with Gasteiger partial charge < -0.3 is 10.8 Å². The van der Waals surface area contributed by atoms with Crippen LogP contribution < -0.4 is 5.73 Å². The van der Waals surface area contributed by atoms with Crippen molar-refractivity contribution in [2.24, 2.45) is 0 Å². The number of hydrogen-bond acceptors (Lipinski definition) is 3. The van der Waals surface area contributed by atoms with E-state index in [4.69, 9.17) is 22.4 Å². The lowest BCUT2D eigenvalue weighted by Crippen LogP contribution is -2.02. The van der Waals surface area contributed by atoms with Crippen LogP contribution in [0.2, 0.25) is 5.02 Å². The molecule has 1 heterocycles. The SMILES string of the molecule is Nc1cncc(CC(=O)O)c1Cl. The highest BCUT2D eigenvalue weighted by atomic mass is 35.5. The third kappa shape index (κ3) is 1.85. The second-order valence-corrected chi connectivity index (χ2v) is 2.65. The molecule has 0 spiro atoms.